The quantitative estimate of drug-likeness (QED) is 0.666. The minimum atomic E-state index is -0.412. The number of amides is 1. The first-order chi connectivity index (χ1) is 12.5. The zero-order chi connectivity index (χ0) is 18.8. The van der Waals surface area contributed by atoms with Crippen LogP contribution >= 0.6 is 11.8 Å². The van der Waals surface area contributed by atoms with Crippen molar-refractivity contribution >= 4 is 28.8 Å². The number of aromatic nitrogens is 4. The van der Waals surface area contributed by atoms with Crippen LogP contribution in [0.15, 0.2) is 14.7 Å². The Bertz CT molecular complexity index is 939. The molecule has 2 aromatic rings. The summed E-state index contributed by atoms with van der Waals surface area (Å²) in [6.45, 7) is 4.91. The first-order valence-corrected chi connectivity index (χ1v) is 9.58. The van der Waals surface area contributed by atoms with Crippen LogP contribution in [0.3, 0.4) is 0 Å². The van der Waals surface area contributed by atoms with Gasteiger partial charge in [-0.05, 0) is 6.42 Å². The van der Waals surface area contributed by atoms with Crippen LogP contribution in [-0.2, 0) is 30.2 Å². The molecule has 1 fully saturated rings. The first-order valence-electron chi connectivity index (χ1n) is 8.60. The van der Waals surface area contributed by atoms with Crippen LogP contribution in [0.5, 0.6) is 0 Å². The third kappa shape index (κ3) is 3.30. The maximum absolute atomic E-state index is 12.6. The van der Waals surface area contributed by atoms with Gasteiger partial charge in [0.2, 0.25) is 5.91 Å². The number of fused-ring (bicyclic) bond motifs is 1. The topological polar surface area (TPSA) is 91.4 Å². The number of aryl methyl sites for hydroxylation is 2. The molecule has 0 spiro atoms. The number of hydrogen-bond donors (Lipinski definition) is 0. The van der Waals surface area contributed by atoms with Crippen LogP contribution in [0, 0.1) is 0 Å². The van der Waals surface area contributed by atoms with Crippen LogP contribution in [0.2, 0.25) is 0 Å². The van der Waals surface area contributed by atoms with Crippen LogP contribution in [0.1, 0.15) is 13.3 Å². The highest BCUT2D eigenvalue weighted by Gasteiger charge is 2.21. The van der Waals surface area contributed by atoms with Gasteiger partial charge in [0.05, 0.1) is 19.0 Å². The smallest absolute Gasteiger partial charge is 0.332 e. The molecule has 0 bridgehead atoms. The summed E-state index contributed by atoms with van der Waals surface area (Å²) < 4.78 is 9.54. The summed E-state index contributed by atoms with van der Waals surface area (Å²) in [5.74, 6) is 0.261. The maximum Gasteiger partial charge on any atom is 0.332 e. The molecule has 0 radical (unpaired) electrons. The van der Waals surface area contributed by atoms with Crippen molar-refractivity contribution in [2.75, 3.05) is 32.1 Å². The molecule has 3 rings (SSSR count). The minimum Gasteiger partial charge on any atom is -0.378 e. The normalized spacial score (nSPS) is 15.0. The third-order valence-corrected chi connectivity index (χ3v) is 5.41. The molecule has 0 N–H and O–H groups in total. The predicted octanol–water partition coefficient (Wildman–Crippen LogP) is -0.205. The average molecular weight is 381 g/mol. The lowest BCUT2D eigenvalue weighted by atomic mass is 10.4. The van der Waals surface area contributed by atoms with Gasteiger partial charge < -0.3 is 14.2 Å². The highest BCUT2D eigenvalue weighted by molar-refractivity contribution is 7.99. The minimum absolute atomic E-state index is 0.0233. The van der Waals surface area contributed by atoms with Gasteiger partial charge in [0.25, 0.3) is 5.56 Å². The number of morpholine rings is 1. The van der Waals surface area contributed by atoms with E-state index in [0.717, 1.165) is 11.0 Å². The van der Waals surface area contributed by atoms with Gasteiger partial charge in [-0.3, -0.25) is 18.7 Å². The maximum atomic E-state index is 12.6. The Morgan fingerprint density at radius 2 is 1.88 bits per heavy atom. The first kappa shape index (κ1) is 18.7. The van der Waals surface area contributed by atoms with Crippen LogP contribution in [0.25, 0.3) is 11.2 Å². The number of rotatable bonds is 5. The molecular weight excluding hydrogens is 358 g/mol. The molecule has 1 amide bonds. The molecule has 0 atom stereocenters. The van der Waals surface area contributed by atoms with Crippen LogP contribution in [0.4, 0.5) is 0 Å². The van der Waals surface area contributed by atoms with Crippen molar-refractivity contribution in [1.82, 2.24) is 23.6 Å². The lowest BCUT2D eigenvalue weighted by Gasteiger charge is -2.26. The molecule has 3 heterocycles. The van der Waals surface area contributed by atoms with Gasteiger partial charge in [-0.15, -0.1) is 0 Å². The van der Waals surface area contributed by atoms with E-state index in [1.54, 1.807) is 11.9 Å². The summed E-state index contributed by atoms with van der Waals surface area (Å²) in [4.78, 5) is 43.4. The van der Waals surface area contributed by atoms with E-state index in [1.807, 2.05) is 11.5 Å². The fraction of sp³-hybridized carbons (Fsp3) is 0.625. The molecule has 0 aromatic carbocycles. The molecule has 0 saturated carbocycles. The zero-order valence-corrected chi connectivity index (χ0v) is 16.0. The Morgan fingerprint density at radius 3 is 2.54 bits per heavy atom. The van der Waals surface area contributed by atoms with Crippen molar-refractivity contribution in [2.24, 2.45) is 14.1 Å². The second kappa shape index (κ2) is 7.67. The number of thioether (sulfide) groups is 1. The van der Waals surface area contributed by atoms with Crippen molar-refractivity contribution < 1.29 is 9.53 Å². The lowest BCUT2D eigenvalue weighted by Crippen LogP contribution is -2.41. The van der Waals surface area contributed by atoms with Gasteiger partial charge in [0, 0.05) is 33.7 Å². The number of carbonyl (C=O) groups is 1. The Kier molecular flexibility index (Phi) is 5.52. The van der Waals surface area contributed by atoms with E-state index >= 15 is 0 Å². The van der Waals surface area contributed by atoms with E-state index in [0.29, 0.717) is 49.2 Å². The largest absolute Gasteiger partial charge is 0.378 e. The Hall–Kier alpha value is -2.07. The molecule has 2 aromatic heterocycles. The van der Waals surface area contributed by atoms with Crippen LogP contribution < -0.4 is 11.2 Å². The van der Waals surface area contributed by atoms with E-state index < -0.39 is 5.69 Å². The molecule has 9 nitrogen and oxygen atoms in total. The highest BCUT2D eigenvalue weighted by atomic mass is 32.2. The van der Waals surface area contributed by atoms with E-state index in [9.17, 15) is 14.4 Å². The molecule has 10 heteroatoms. The summed E-state index contributed by atoms with van der Waals surface area (Å²) in [6.07, 6.45) is 0.808. The summed E-state index contributed by atoms with van der Waals surface area (Å²) in [5.41, 5.74) is -0.0226. The zero-order valence-electron chi connectivity index (χ0n) is 15.2. The van der Waals surface area contributed by atoms with Gasteiger partial charge >= 0.3 is 5.69 Å². The third-order valence-electron chi connectivity index (χ3n) is 4.45. The van der Waals surface area contributed by atoms with Gasteiger partial charge in [0.15, 0.2) is 16.3 Å². The van der Waals surface area contributed by atoms with Gasteiger partial charge in [0.1, 0.15) is 0 Å². The second-order valence-corrected chi connectivity index (χ2v) is 7.15. The van der Waals surface area contributed by atoms with E-state index in [4.69, 9.17) is 4.74 Å². The van der Waals surface area contributed by atoms with Gasteiger partial charge in [-0.2, -0.15) is 0 Å². The van der Waals surface area contributed by atoms with Crippen molar-refractivity contribution in [3.63, 3.8) is 0 Å². The summed E-state index contributed by atoms with van der Waals surface area (Å²) in [7, 11) is 3.06. The molecule has 0 aliphatic carbocycles. The molecule has 142 valence electrons. The molecule has 0 unspecified atom stereocenters. The fourth-order valence-corrected chi connectivity index (χ4v) is 3.92. The molecule has 26 heavy (non-hydrogen) atoms. The molecule has 1 saturated heterocycles. The monoisotopic (exact) mass is 381 g/mol. The summed E-state index contributed by atoms with van der Waals surface area (Å²) >= 11 is 1.30. The highest BCUT2D eigenvalue weighted by Crippen LogP contribution is 2.22. The fourth-order valence-electron chi connectivity index (χ4n) is 3.00. The standard InChI is InChI=1S/C16H23N5O4S/c1-4-5-21-12-13(18(2)16(24)19(3)14(12)23)17-15(21)26-10-11(22)20-6-8-25-9-7-20/h4-10H2,1-3H3. The second-order valence-electron chi connectivity index (χ2n) is 6.21. The number of hydrogen-bond acceptors (Lipinski definition) is 6. The molecule has 1 aliphatic heterocycles. The number of nitrogens with zero attached hydrogens (tertiary/aromatic N) is 5. The van der Waals surface area contributed by atoms with E-state index in [1.165, 1.54) is 23.4 Å². The Labute approximate surface area is 154 Å². The molecule has 1 aliphatic rings. The SMILES string of the molecule is CCCn1c(SCC(=O)N2CCOCC2)nc2c1c(=O)n(C)c(=O)n2C. The van der Waals surface area contributed by atoms with Crippen molar-refractivity contribution in [2.45, 2.75) is 25.0 Å². The average Bonchev–Trinajstić information content (AvgIpc) is 3.02. The van der Waals surface area contributed by atoms with E-state index in [2.05, 4.69) is 4.98 Å². The van der Waals surface area contributed by atoms with Crippen molar-refractivity contribution in [3.05, 3.63) is 20.8 Å². The summed E-state index contributed by atoms with van der Waals surface area (Å²) in [6, 6.07) is 0. The van der Waals surface area contributed by atoms with E-state index in [-0.39, 0.29) is 17.2 Å². The van der Waals surface area contributed by atoms with Crippen LogP contribution in [-0.4, -0.2) is 61.5 Å². The molecular formula is C16H23N5O4S. The number of carbonyl (C=O) groups excluding carboxylic acids is 1. The van der Waals surface area contributed by atoms with Gasteiger partial charge in [-0.25, -0.2) is 9.78 Å². The van der Waals surface area contributed by atoms with Crippen molar-refractivity contribution in [3.8, 4) is 0 Å². The Morgan fingerprint density at radius 1 is 1.19 bits per heavy atom. The Balaban J connectivity index is 1.95. The van der Waals surface area contributed by atoms with Crippen molar-refractivity contribution in [1.29, 1.82) is 0 Å². The number of ether oxygens (including phenoxy) is 1. The summed E-state index contributed by atoms with van der Waals surface area (Å²) in [5, 5.41) is 0.585. The number of imidazole rings is 1. The van der Waals surface area contributed by atoms with Gasteiger partial charge in [-0.1, -0.05) is 18.7 Å². The lowest BCUT2D eigenvalue weighted by molar-refractivity contribution is -0.132. The predicted molar refractivity (Wildman–Crippen MR) is 98.6 cm³/mol.